The summed E-state index contributed by atoms with van der Waals surface area (Å²) in [5.41, 5.74) is 6.30. The van der Waals surface area contributed by atoms with Gasteiger partial charge in [-0.3, -0.25) is 0 Å². The molecule has 3 aromatic carbocycles. The molecule has 0 spiro atoms. The molecule has 2 heterocycles. The van der Waals surface area contributed by atoms with E-state index < -0.39 is 0 Å². The number of para-hydroxylation sites is 2. The lowest BCUT2D eigenvalue weighted by Crippen LogP contribution is -1.92. The first-order chi connectivity index (χ1) is 14.3. The lowest BCUT2D eigenvalue weighted by atomic mass is 10.0. The summed E-state index contributed by atoms with van der Waals surface area (Å²) in [7, 11) is 0. The van der Waals surface area contributed by atoms with Gasteiger partial charge in [0.25, 0.3) is 0 Å². The van der Waals surface area contributed by atoms with E-state index in [1.807, 2.05) is 37.3 Å². The van der Waals surface area contributed by atoms with Crippen molar-refractivity contribution < 1.29 is 4.42 Å². The predicted octanol–water partition coefficient (Wildman–Crippen LogP) is 7.68. The number of furan rings is 1. The average Bonchev–Trinajstić information content (AvgIpc) is 3.31. The molecule has 0 aliphatic carbocycles. The highest BCUT2D eigenvalue weighted by Crippen LogP contribution is 2.37. The molecule has 2 aromatic heterocycles. The number of benzene rings is 3. The zero-order chi connectivity index (χ0) is 19.8. The van der Waals surface area contributed by atoms with Gasteiger partial charge in [0.2, 0.25) is 0 Å². The van der Waals surface area contributed by atoms with Crippen molar-refractivity contribution in [2.24, 2.45) is 0 Å². The van der Waals surface area contributed by atoms with Crippen LogP contribution >= 0.6 is 0 Å². The Balaban J connectivity index is 1.80. The number of nitrogens with zero attached hydrogens (tertiary/aromatic N) is 1. The minimum absolute atomic E-state index is 0.869. The summed E-state index contributed by atoms with van der Waals surface area (Å²) in [6.45, 7) is 6.23. The predicted molar refractivity (Wildman–Crippen MR) is 124 cm³/mol. The van der Waals surface area contributed by atoms with Crippen LogP contribution in [0.15, 0.2) is 108 Å². The van der Waals surface area contributed by atoms with Crippen molar-refractivity contribution in [3.8, 4) is 5.69 Å². The molecule has 2 heteroatoms. The monoisotopic (exact) mass is 375 g/mol. The molecular weight excluding hydrogens is 354 g/mol. The van der Waals surface area contributed by atoms with E-state index in [4.69, 9.17) is 4.42 Å². The fourth-order valence-electron chi connectivity index (χ4n) is 3.97. The maximum Gasteiger partial charge on any atom is 0.136 e. The maximum absolute atomic E-state index is 5.95. The van der Waals surface area contributed by atoms with Gasteiger partial charge in [0.15, 0.2) is 0 Å². The molecule has 5 aromatic rings. The zero-order valence-electron chi connectivity index (χ0n) is 16.3. The van der Waals surface area contributed by atoms with Crippen molar-refractivity contribution in [1.29, 1.82) is 0 Å². The molecule has 29 heavy (non-hydrogen) atoms. The number of aromatic nitrogens is 1. The van der Waals surface area contributed by atoms with Gasteiger partial charge in [-0.25, -0.2) is 0 Å². The Labute approximate surface area is 169 Å². The largest absolute Gasteiger partial charge is 0.464 e. The topological polar surface area (TPSA) is 18.1 Å². The number of allylic oxidation sites excluding steroid dienone is 5. The van der Waals surface area contributed by atoms with Gasteiger partial charge >= 0.3 is 0 Å². The van der Waals surface area contributed by atoms with Gasteiger partial charge in [-0.05, 0) is 36.8 Å². The van der Waals surface area contributed by atoms with E-state index in [1.54, 1.807) is 6.26 Å². The van der Waals surface area contributed by atoms with E-state index >= 15 is 0 Å². The van der Waals surface area contributed by atoms with Crippen LogP contribution in [0, 0.1) is 0 Å². The van der Waals surface area contributed by atoms with Gasteiger partial charge in [-0.2, -0.15) is 0 Å². The van der Waals surface area contributed by atoms with E-state index in [0.717, 1.165) is 33.3 Å². The number of rotatable bonds is 4. The second kappa shape index (κ2) is 6.99. The van der Waals surface area contributed by atoms with Crippen LogP contribution in [0.1, 0.15) is 12.5 Å². The van der Waals surface area contributed by atoms with Crippen LogP contribution in [-0.4, -0.2) is 4.57 Å². The molecule has 5 rings (SSSR count). The van der Waals surface area contributed by atoms with Crippen LogP contribution in [0.5, 0.6) is 0 Å². The summed E-state index contributed by atoms with van der Waals surface area (Å²) in [4.78, 5) is 0. The molecule has 0 amide bonds. The molecule has 0 aliphatic heterocycles. The van der Waals surface area contributed by atoms with E-state index in [0.29, 0.717) is 0 Å². The van der Waals surface area contributed by atoms with Gasteiger partial charge in [0.1, 0.15) is 5.58 Å². The second-order valence-corrected chi connectivity index (χ2v) is 7.11. The highest BCUT2D eigenvalue weighted by atomic mass is 16.3. The Hall–Kier alpha value is -3.78. The summed E-state index contributed by atoms with van der Waals surface area (Å²) in [6, 6.07) is 23.4. The molecule has 0 aliphatic rings. The quantitative estimate of drug-likeness (QED) is 0.295. The normalized spacial score (nSPS) is 12.2. The minimum Gasteiger partial charge on any atom is -0.464 e. The van der Waals surface area contributed by atoms with Gasteiger partial charge in [0.05, 0.1) is 17.3 Å². The van der Waals surface area contributed by atoms with Crippen LogP contribution < -0.4 is 0 Å². The molecule has 0 saturated carbocycles. The standard InChI is InChI=1S/C27H21NO/c1-3-4-6-11-19(2)24-18-29-27-17-26-22(16-23(24)27)21-14-9-10-15-25(21)28(26)20-12-7-5-8-13-20/h3-18H,2H2,1H3/b4-3-,11-6-. The first-order valence-electron chi connectivity index (χ1n) is 9.76. The Bertz CT molecular complexity index is 1410. The van der Waals surface area contributed by atoms with Crippen molar-refractivity contribution in [3.63, 3.8) is 0 Å². The fourth-order valence-corrected chi connectivity index (χ4v) is 3.97. The Morgan fingerprint density at radius 3 is 2.48 bits per heavy atom. The molecule has 0 saturated heterocycles. The van der Waals surface area contributed by atoms with Crippen molar-refractivity contribution in [2.75, 3.05) is 0 Å². The van der Waals surface area contributed by atoms with E-state index in [1.165, 1.54) is 16.3 Å². The third-order valence-corrected chi connectivity index (χ3v) is 5.33. The molecule has 0 fully saturated rings. The second-order valence-electron chi connectivity index (χ2n) is 7.11. The van der Waals surface area contributed by atoms with E-state index in [9.17, 15) is 0 Å². The fraction of sp³-hybridized carbons (Fsp3) is 0.0370. The highest BCUT2D eigenvalue weighted by Gasteiger charge is 2.16. The molecule has 0 unspecified atom stereocenters. The van der Waals surface area contributed by atoms with Crippen molar-refractivity contribution in [1.82, 2.24) is 4.57 Å². The summed E-state index contributed by atoms with van der Waals surface area (Å²) < 4.78 is 8.24. The number of hydrogen-bond acceptors (Lipinski definition) is 1. The average molecular weight is 375 g/mol. The number of hydrogen-bond donors (Lipinski definition) is 0. The molecule has 0 bridgehead atoms. The van der Waals surface area contributed by atoms with Gasteiger partial charge in [-0.1, -0.05) is 67.3 Å². The third-order valence-electron chi connectivity index (χ3n) is 5.33. The molecular formula is C27H21NO. The Morgan fingerprint density at radius 2 is 1.66 bits per heavy atom. The van der Waals surface area contributed by atoms with Crippen molar-refractivity contribution in [3.05, 3.63) is 109 Å². The lowest BCUT2D eigenvalue weighted by Gasteiger charge is -2.07. The molecule has 2 nitrogen and oxygen atoms in total. The first-order valence-corrected chi connectivity index (χ1v) is 9.76. The smallest absolute Gasteiger partial charge is 0.136 e. The molecule has 0 radical (unpaired) electrons. The third kappa shape index (κ3) is 2.81. The van der Waals surface area contributed by atoms with Crippen LogP contribution in [0.2, 0.25) is 0 Å². The van der Waals surface area contributed by atoms with Crippen LogP contribution in [0.3, 0.4) is 0 Å². The zero-order valence-corrected chi connectivity index (χ0v) is 16.3. The maximum atomic E-state index is 5.95. The van der Waals surface area contributed by atoms with Crippen LogP contribution in [0.4, 0.5) is 0 Å². The van der Waals surface area contributed by atoms with E-state index in [2.05, 4.69) is 71.8 Å². The van der Waals surface area contributed by atoms with Crippen molar-refractivity contribution >= 4 is 38.3 Å². The number of fused-ring (bicyclic) bond motifs is 4. The molecule has 0 N–H and O–H groups in total. The highest BCUT2D eigenvalue weighted by molar-refractivity contribution is 6.14. The SMILES string of the molecule is C=C(/C=C\C=C/C)c1coc2cc3c(cc12)c1ccccc1n3-c1ccccc1. The molecule has 0 atom stereocenters. The summed E-state index contributed by atoms with van der Waals surface area (Å²) in [5.74, 6) is 0. The van der Waals surface area contributed by atoms with Gasteiger partial charge in [0, 0.05) is 33.5 Å². The van der Waals surface area contributed by atoms with Crippen LogP contribution in [-0.2, 0) is 0 Å². The lowest BCUT2D eigenvalue weighted by molar-refractivity contribution is 0.615. The van der Waals surface area contributed by atoms with Gasteiger partial charge in [-0.15, -0.1) is 0 Å². The Morgan fingerprint density at radius 1 is 0.862 bits per heavy atom. The van der Waals surface area contributed by atoms with Gasteiger partial charge < -0.3 is 8.98 Å². The summed E-state index contributed by atoms with van der Waals surface area (Å²) in [6.07, 6.45) is 9.82. The Kier molecular flexibility index (Phi) is 4.18. The van der Waals surface area contributed by atoms with Crippen molar-refractivity contribution in [2.45, 2.75) is 6.92 Å². The summed E-state index contributed by atoms with van der Waals surface area (Å²) >= 11 is 0. The molecule has 140 valence electrons. The van der Waals surface area contributed by atoms with Crippen LogP contribution in [0.25, 0.3) is 44.0 Å². The first kappa shape index (κ1) is 17.3. The van der Waals surface area contributed by atoms with E-state index in [-0.39, 0.29) is 0 Å². The minimum atomic E-state index is 0.869. The summed E-state index contributed by atoms with van der Waals surface area (Å²) in [5, 5.41) is 3.53.